The Kier molecular flexibility index (Phi) is 6.25. The molecule has 1 aromatic rings. The van der Waals surface area contributed by atoms with Crippen molar-refractivity contribution >= 4 is 11.6 Å². The molecule has 0 amide bonds. The Labute approximate surface area is 136 Å². The lowest BCUT2D eigenvalue weighted by Gasteiger charge is -2.16. The van der Waals surface area contributed by atoms with Crippen molar-refractivity contribution in [1.82, 2.24) is 0 Å². The zero-order valence-corrected chi connectivity index (χ0v) is 13.4. The van der Waals surface area contributed by atoms with Gasteiger partial charge in [0.25, 0.3) is 0 Å². The highest BCUT2D eigenvalue weighted by atomic mass is 16.3. The second kappa shape index (κ2) is 8.18. The Morgan fingerprint density at radius 3 is 2.70 bits per heavy atom. The molecule has 1 fully saturated rings. The van der Waals surface area contributed by atoms with E-state index in [9.17, 15) is 19.8 Å². The number of rotatable bonds is 7. The lowest BCUT2D eigenvalue weighted by Crippen LogP contribution is -2.21. The highest BCUT2D eigenvalue weighted by molar-refractivity contribution is 5.89. The summed E-state index contributed by atoms with van der Waals surface area (Å²) >= 11 is 0. The van der Waals surface area contributed by atoms with Crippen molar-refractivity contribution in [2.75, 3.05) is 0 Å². The van der Waals surface area contributed by atoms with Crippen molar-refractivity contribution in [3.05, 3.63) is 48.0 Å². The van der Waals surface area contributed by atoms with Gasteiger partial charge in [0.05, 0.1) is 12.2 Å². The van der Waals surface area contributed by atoms with E-state index in [1.165, 1.54) is 6.92 Å². The summed E-state index contributed by atoms with van der Waals surface area (Å²) in [5, 5.41) is 20.1. The first-order chi connectivity index (χ1) is 11.0. The third-order valence-electron chi connectivity index (χ3n) is 4.37. The molecule has 1 saturated carbocycles. The van der Waals surface area contributed by atoms with Crippen molar-refractivity contribution in [1.29, 1.82) is 0 Å². The fourth-order valence-electron chi connectivity index (χ4n) is 3.11. The van der Waals surface area contributed by atoms with Crippen LogP contribution in [0.3, 0.4) is 0 Å². The summed E-state index contributed by atoms with van der Waals surface area (Å²) in [5.41, 5.74) is 1.16. The number of benzene rings is 1. The van der Waals surface area contributed by atoms with Crippen LogP contribution in [0.25, 0.3) is 0 Å². The van der Waals surface area contributed by atoms with Crippen LogP contribution in [0, 0.1) is 11.8 Å². The molecule has 0 aromatic heterocycles. The molecule has 4 nitrogen and oxygen atoms in total. The molecule has 0 unspecified atom stereocenters. The topological polar surface area (TPSA) is 74.6 Å². The Bertz CT molecular complexity index is 564. The summed E-state index contributed by atoms with van der Waals surface area (Å²) in [5.74, 6) is -0.959. The molecule has 0 radical (unpaired) electrons. The van der Waals surface area contributed by atoms with Gasteiger partial charge in [-0.2, -0.15) is 0 Å². The van der Waals surface area contributed by atoms with Crippen molar-refractivity contribution in [2.24, 2.45) is 11.8 Å². The molecule has 2 rings (SSSR count). The third-order valence-corrected chi connectivity index (χ3v) is 4.37. The van der Waals surface area contributed by atoms with Gasteiger partial charge in [0.15, 0.2) is 0 Å². The van der Waals surface area contributed by atoms with Gasteiger partial charge in [-0.05, 0) is 25.3 Å². The molecule has 2 N–H and O–H groups in total. The van der Waals surface area contributed by atoms with Crippen LogP contribution in [0.5, 0.6) is 0 Å². The van der Waals surface area contributed by atoms with E-state index in [2.05, 4.69) is 0 Å². The Morgan fingerprint density at radius 1 is 1.35 bits per heavy atom. The van der Waals surface area contributed by atoms with E-state index < -0.39 is 18.1 Å². The van der Waals surface area contributed by atoms with Crippen molar-refractivity contribution in [2.45, 2.75) is 44.8 Å². The van der Waals surface area contributed by atoms with Crippen LogP contribution >= 0.6 is 0 Å². The molecular weight excluding hydrogens is 292 g/mol. The monoisotopic (exact) mass is 316 g/mol. The summed E-state index contributed by atoms with van der Waals surface area (Å²) in [6.45, 7) is 1.45. The predicted molar refractivity (Wildman–Crippen MR) is 87.8 cm³/mol. The minimum atomic E-state index is -0.760. The van der Waals surface area contributed by atoms with Gasteiger partial charge in [-0.3, -0.25) is 4.79 Å². The smallest absolute Gasteiger partial charge is 0.139 e. The number of ketones is 2. The van der Waals surface area contributed by atoms with Gasteiger partial charge >= 0.3 is 0 Å². The van der Waals surface area contributed by atoms with Crippen LogP contribution in [-0.2, 0) is 16.0 Å². The minimum Gasteiger partial charge on any atom is -0.392 e. The predicted octanol–water partition coefficient (Wildman–Crippen LogP) is 2.08. The maximum absolute atomic E-state index is 11.9. The Balaban J connectivity index is 1.91. The number of carbonyl (C=O) groups is 2. The van der Waals surface area contributed by atoms with Gasteiger partial charge in [0.1, 0.15) is 11.6 Å². The number of aryl methyl sites for hydroxylation is 1. The van der Waals surface area contributed by atoms with Crippen LogP contribution < -0.4 is 0 Å². The first-order valence-corrected chi connectivity index (χ1v) is 8.08. The van der Waals surface area contributed by atoms with Crippen LogP contribution in [0.1, 0.15) is 31.7 Å². The van der Waals surface area contributed by atoms with E-state index in [1.807, 2.05) is 30.3 Å². The second-order valence-corrected chi connectivity index (χ2v) is 6.30. The maximum atomic E-state index is 11.9. The zero-order chi connectivity index (χ0) is 16.8. The SMILES string of the molecule is CC(=O)C[C@H]1C(=O)C[C@@H](O)[C@@H]1/C=C/[C@@H](O)CCc1ccccc1. The number of hydrogen-bond donors (Lipinski definition) is 2. The highest BCUT2D eigenvalue weighted by Crippen LogP contribution is 2.33. The van der Waals surface area contributed by atoms with Gasteiger partial charge in [-0.25, -0.2) is 0 Å². The Hall–Kier alpha value is -1.78. The van der Waals surface area contributed by atoms with Crippen molar-refractivity contribution in [3.63, 3.8) is 0 Å². The highest BCUT2D eigenvalue weighted by Gasteiger charge is 2.40. The van der Waals surface area contributed by atoms with Crippen LogP contribution in [0.2, 0.25) is 0 Å². The number of Topliss-reactive ketones (excluding diaryl/α,β-unsaturated/α-hetero) is 2. The summed E-state index contributed by atoms with van der Waals surface area (Å²) in [6, 6.07) is 9.90. The summed E-state index contributed by atoms with van der Waals surface area (Å²) in [6.07, 6.45) is 3.55. The molecule has 124 valence electrons. The summed E-state index contributed by atoms with van der Waals surface area (Å²) in [4.78, 5) is 23.2. The first-order valence-electron chi connectivity index (χ1n) is 8.08. The van der Waals surface area contributed by atoms with Crippen LogP contribution in [0.4, 0.5) is 0 Å². The quantitative estimate of drug-likeness (QED) is 0.755. The molecule has 0 heterocycles. The Morgan fingerprint density at radius 2 is 2.04 bits per heavy atom. The lowest BCUT2D eigenvalue weighted by atomic mass is 9.89. The first kappa shape index (κ1) is 17.6. The molecule has 4 atom stereocenters. The fourth-order valence-corrected chi connectivity index (χ4v) is 3.11. The summed E-state index contributed by atoms with van der Waals surface area (Å²) in [7, 11) is 0. The third kappa shape index (κ3) is 5.12. The van der Waals surface area contributed by atoms with Gasteiger partial charge in [0, 0.05) is 24.7 Å². The molecular formula is C19H24O4. The fraction of sp³-hybridized carbons (Fsp3) is 0.474. The average Bonchev–Trinajstić information content (AvgIpc) is 2.77. The maximum Gasteiger partial charge on any atom is 0.139 e. The molecule has 23 heavy (non-hydrogen) atoms. The van der Waals surface area contributed by atoms with Gasteiger partial charge in [-0.15, -0.1) is 0 Å². The van der Waals surface area contributed by atoms with E-state index in [0.717, 1.165) is 12.0 Å². The van der Waals surface area contributed by atoms with Crippen molar-refractivity contribution in [3.8, 4) is 0 Å². The van der Waals surface area contributed by atoms with Gasteiger partial charge < -0.3 is 15.0 Å². The van der Waals surface area contributed by atoms with E-state index in [1.54, 1.807) is 12.2 Å². The standard InChI is InChI=1S/C19H24O4/c1-13(20)11-17-16(18(22)12-19(17)23)10-9-15(21)8-7-14-5-3-2-4-6-14/h2-6,9-10,15-18,21-22H,7-8,11-12H2,1H3/b10-9+/t15-,16+,17+,18+/m0/s1. The van der Waals surface area contributed by atoms with E-state index in [4.69, 9.17) is 0 Å². The zero-order valence-electron chi connectivity index (χ0n) is 13.4. The second-order valence-electron chi connectivity index (χ2n) is 6.30. The number of aliphatic hydroxyl groups is 2. The molecule has 0 saturated heterocycles. The lowest BCUT2D eigenvalue weighted by molar-refractivity contribution is -0.125. The molecule has 1 aromatic carbocycles. The minimum absolute atomic E-state index is 0.0551. The molecule has 0 spiro atoms. The van der Waals surface area contributed by atoms with Crippen LogP contribution in [-0.4, -0.2) is 34.0 Å². The van der Waals surface area contributed by atoms with E-state index >= 15 is 0 Å². The van der Waals surface area contributed by atoms with Gasteiger partial charge in [-0.1, -0.05) is 42.5 Å². The largest absolute Gasteiger partial charge is 0.392 e. The van der Waals surface area contributed by atoms with Gasteiger partial charge in [0.2, 0.25) is 0 Å². The van der Waals surface area contributed by atoms with Crippen molar-refractivity contribution < 1.29 is 19.8 Å². The molecule has 1 aliphatic rings. The number of aliphatic hydroxyl groups excluding tert-OH is 2. The normalized spacial score (nSPS) is 25.9. The average molecular weight is 316 g/mol. The summed E-state index contributed by atoms with van der Waals surface area (Å²) < 4.78 is 0. The van der Waals surface area contributed by atoms with E-state index in [-0.39, 0.29) is 30.3 Å². The molecule has 4 heteroatoms. The number of carbonyl (C=O) groups excluding carboxylic acids is 2. The molecule has 0 bridgehead atoms. The molecule has 1 aliphatic carbocycles. The van der Waals surface area contributed by atoms with E-state index in [0.29, 0.717) is 6.42 Å². The number of hydrogen-bond acceptors (Lipinski definition) is 4. The van der Waals surface area contributed by atoms with Crippen LogP contribution in [0.15, 0.2) is 42.5 Å². The molecule has 0 aliphatic heterocycles.